The lowest BCUT2D eigenvalue weighted by atomic mass is 10.1. The maximum absolute atomic E-state index is 13.3. The van der Waals surface area contributed by atoms with Gasteiger partial charge >= 0.3 is 0 Å². The Labute approximate surface area is 112 Å². The van der Waals surface area contributed by atoms with Gasteiger partial charge in [0.05, 0.1) is 7.11 Å². The topological polar surface area (TPSA) is 41.6 Å². The summed E-state index contributed by atoms with van der Waals surface area (Å²) < 4.78 is 18.3. The van der Waals surface area contributed by atoms with Crippen LogP contribution in [0.3, 0.4) is 0 Å². The minimum atomic E-state index is -0.452. The highest BCUT2D eigenvalue weighted by Gasteiger charge is 2.29. The number of likely N-dealkylation sites (tertiary alicyclic amines) is 1. The number of rotatable bonds is 4. The second kappa shape index (κ2) is 6.02. The molecular formula is C14H19FN2O2. The molecule has 1 atom stereocenters. The summed E-state index contributed by atoms with van der Waals surface area (Å²) in [5.41, 5.74) is 0.473. The molecule has 19 heavy (non-hydrogen) atoms. The Morgan fingerprint density at radius 1 is 1.58 bits per heavy atom. The molecule has 0 bridgehead atoms. The molecule has 0 aliphatic carbocycles. The molecule has 4 nitrogen and oxygen atoms in total. The first-order valence-electron chi connectivity index (χ1n) is 6.46. The highest BCUT2D eigenvalue weighted by atomic mass is 19.1. The van der Waals surface area contributed by atoms with Crippen molar-refractivity contribution in [3.05, 3.63) is 29.6 Å². The fourth-order valence-electron chi connectivity index (χ4n) is 2.51. The van der Waals surface area contributed by atoms with E-state index in [0.29, 0.717) is 5.56 Å². The summed E-state index contributed by atoms with van der Waals surface area (Å²) in [6, 6.07) is 4.46. The molecule has 1 aliphatic rings. The Bertz CT molecular complexity index is 465. The van der Waals surface area contributed by atoms with E-state index in [1.807, 2.05) is 11.9 Å². The molecule has 1 saturated heterocycles. The van der Waals surface area contributed by atoms with Gasteiger partial charge in [-0.2, -0.15) is 0 Å². The van der Waals surface area contributed by atoms with Crippen LogP contribution < -0.4 is 10.1 Å². The van der Waals surface area contributed by atoms with Gasteiger partial charge < -0.3 is 15.0 Å². The first-order chi connectivity index (χ1) is 9.17. The number of likely N-dealkylation sites (N-methyl/N-ethyl adjacent to an activating group) is 1. The highest BCUT2D eigenvalue weighted by molar-refractivity contribution is 5.95. The van der Waals surface area contributed by atoms with Crippen molar-refractivity contribution in [2.45, 2.75) is 18.9 Å². The Morgan fingerprint density at radius 2 is 2.37 bits per heavy atom. The minimum absolute atomic E-state index is 0.0592. The van der Waals surface area contributed by atoms with Gasteiger partial charge in [0.1, 0.15) is 0 Å². The van der Waals surface area contributed by atoms with Crippen LogP contribution in [0.25, 0.3) is 0 Å². The molecule has 1 fully saturated rings. The molecule has 0 aromatic heterocycles. The predicted molar refractivity (Wildman–Crippen MR) is 70.9 cm³/mol. The largest absolute Gasteiger partial charge is 0.494 e. The van der Waals surface area contributed by atoms with E-state index in [1.165, 1.54) is 25.3 Å². The molecule has 1 aromatic carbocycles. The maximum Gasteiger partial charge on any atom is 0.254 e. The van der Waals surface area contributed by atoms with Gasteiger partial charge in [-0.1, -0.05) is 0 Å². The summed E-state index contributed by atoms with van der Waals surface area (Å²) in [5.74, 6) is -0.404. The Kier molecular flexibility index (Phi) is 4.37. The number of nitrogens with one attached hydrogen (secondary N) is 1. The van der Waals surface area contributed by atoms with E-state index in [0.717, 1.165) is 25.9 Å². The number of halogens is 1. The lowest BCUT2D eigenvalue weighted by Gasteiger charge is -2.24. The fraction of sp³-hybridized carbons (Fsp3) is 0.500. The zero-order valence-corrected chi connectivity index (χ0v) is 11.3. The average Bonchev–Trinajstić information content (AvgIpc) is 2.87. The minimum Gasteiger partial charge on any atom is -0.494 e. The second-order valence-electron chi connectivity index (χ2n) is 4.70. The van der Waals surface area contributed by atoms with Crippen molar-refractivity contribution in [2.75, 3.05) is 27.2 Å². The molecular weight excluding hydrogens is 247 g/mol. The SMILES string of the molecule is CNCC1CCCN1C(=O)c1ccc(F)c(OC)c1. The third-order valence-electron chi connectivity index (χ3n) is 3.48. The van der Waals surface area contributed by atoms with Gasteiger partial charge in [0.2, 0.25) is 0 Å². The third kappa shape index (κ3) is 2.87. The van der Waals surface area contributed by atoms with E-state index in [1.54, 1.807) is 0 Å². The normalized spacial score (nSPS) is 18.7. The molecule has 1 N–H and O–H groups in total. The third-order valence-corrected chi connectivity index (χ3v) is 3.48. The van der Waals surface area contributed by atoms with Gasteiger partial charge in [0.15, 0.2) is 11.6 Å². The van der Waals surface area contributed by atoms with Crippen molar-refractivity contribution < 1.29 is 13.9 Å². The van der Waals surface area contributed by atoms with E-state index in [-0.39, 0.29) is 17.7 Å². The monoisotopic (exact) mass is 266 g/mol. The van der Waals surface area contributed by atoms with Crippen molar-refractivity contribution in [3.63, 3.8) is 0 Å². The maximum atomic E-state index is 13.3. The number of hydrogen-bond donors (Lipinski definition) is 1. The van der Waals surface area contributed by atoms with E-state index in [4.69, 9.17) is 4.74 Å². The summed E-state index contributed by atoms with van der Waals surface area (Å²) in [5, 5.41) is 3.10. The van der Waals surface area contributed by atoms with Crippen LogP contribution in [0.5, 0.6) is 5.75 Å². The van der Waals surface area contributed by atoms with E-state index in [2.05, 4.69) is 5.32 Å². The standard InChI is InChI=1S/C14H19FN2O2/c1-16-9-11-4-3-7-17(11)14(18)10-5-6-12(15)13(8-10)19-2/h5-6,8,11,16H,3-4,7,9H2,1-2H3. The number of carbonyl (C=O) groups excluding carboxylic acids is 1. The average molecular weight is 266 g/mol. The molecule has 1 heterocycles. The summed E-state index contributed by atoms with van der Waals surface area (Å²) in [7, 11) is 3.27. The molecule has 5 heteroatoms. The van der Waals surface area contributed by atoms with Crippen LogP contribution in [0.2, 0.25) is 0 Å². The summed E-state index contributed by atoms with van der Waals surface area (Å²) >= 11 is 0. The van der Waals surface area contributed by atoms with Gasteiger partial charge in [-0.25, -0.2) is 4.39 Å². The highest BCUT2D eigenvalue weighted by Crippen LogP contribution is 2.23. The van der Waals surface area contributed by atoms with Gasteiger partial charge in [-0.3, -0.25) is 4.79 Å². The first kappa shape index (κ1) is 13.8. The predicted octanol–water partition coefficient (Wildman–Crippen LogP) is 1.66. The Balaban J connectivity index is 2.19. The smallest absolute Gasteiger partial charge is 0.254 e. The summed E-state index contributed by atoms with van der Waals surface area (Å²) in [6.07, 6.45) is 2.02. The Hall–Kier alpha value is -1.62. The van der Waals surface area contributed by atoms with Crippen molar-refractivity contribution in [2.24, 2.45) is 0 Å². The van der Waals surface area contributed by atoms with Crippen molar-refractivity contribution in [1.29, 1.82) is 0 Å². The van der Waals surface area contributed by atoms with E-state index in [9.17, 15) is 9.18 Å². The quantitative estimate of drug-likeness (QED) is 0.901. The van der Waals surface area contributed by atoms with Crippen LogP contribution >= 0.6 is 0 Å². The lowest BCUT2D eigenvalue weighted by molar-refractivity contribution is 0.0736. The molecule has 0 saturated carbocycles. The molecule has 1 aliphatic heterocycles. The van der Waals surface area contributed by atoms with Crippen LogP contribution in [-0.4, -0.2) is 44.1 Å². The van der Waals surface area contributed by atoms with E-state index < -0.39 is 5.82 Å². The van der Waals surface area contributed by atoms with Crippen LogP contribution in [0.1, 0.15) is 23.2 Å². The zero-order valence-electron chi connectivity index (χ0n) is 11.3. The molecule has 0 spiro atoms. The van der Waals surface area contributed by atoms with Gasteiger partial charge in [-0.05, 0) is 38.1 Å². The molecule has 2 rings (SSSR count). The fourth-order valence-corrected chi connectivity index (χ4v) is 2.51. The number of hydrogen-bond acceptors (Lipinski definition) is 3. The number of amides is 1. The number of carbonyl (C=O) groups is 1. The summed E-state index contributed by atoms with van der Waals surface area (Å²) in [6.45, 7) is 1.54. The number of benzene rings is 1. The van der Waals surface area contributed by atoms with Gasteiger partial charge in [-0.15, -0.1) is 0 Å². The molecule has 0 radical (unpaired) electrons. The van der Waals surface area contributed by atoms with E-state index >= 15 is 0 Å². The van der Waals surface area contributed by atoms with Crippen molar-refractivity contribution in [1.82, 2.24) is 10.2 Å². The van der Waals surface area contributed by atoms with Crippen LogP contribution in [-0.2, 0) is 0 Å². The lowest BCUT2D eigenvalue weighted by Crippen LogP contribution is -2.40. The van der Waals surface area contributed by atoms with Gasteiger partial charge in [0.25, 0.3) is 5.91 Å². The molecule has 1 amide bonds. The number of methoxy groups -OCH3 is 1. The zero-order chi connectivity index (χ0) is 13.8. The van der Waals surface area contributed by atoms with Crippen LogP contribution in [0.4, 0.5) is 4.39 Å². The van der Waals surface area contributed by atoms with Crippen molar-refractivity contribution in [3.8, 4) is 5.75 Å². The second-order valence-corrected chi connectivity index (χ2v) is 4.70. The van der Waals surface area contributed by atoms with Crippen molar-refractivity contribution >= 4 is 5.91 Å². The first-order valence-corrected chi connectivity index (χ1v) is 6.46. The molecule has 1 unspecified atom stereocenters. The number of nitrogens with zero attached hydrogens (tertiary/aromatic N) is 1. The Morgan fingerprint density at radius 3 is 3.05 bits per heavy atom. The van der Waals surface area contributed by atoms with Crippen LogP contribution in [0.15, 0.2) is 18.2 Å². The summed E-state index contributed by atoms with van der Waals surface area (Å²) in [4.78, 5) is 14.3. The van der Waals surface area contributed by atoms with Gasteiger partial charge in [0, 0.05) is 24.7 Å². The van der Waals surface area contributed by atoms with Crippen LogP contribution in [0, 0.1) is 5.82 Å². The number of ether oxygens (including phenoxy) is 1. The molecule has 1 aromatic rings. The molecule has 104 valence electrons.